The number of aliphatic hydroxyl groups is 1. The van der Waals surface area contributed by atoms with E-state index in [4.69, 9.17) is 0 Å². The van der Waals surface area contributed by atoms with Gasteiger partial charge in [0.1, 0.15) is 0 Å². The van der Waals surface area contributed by atoms with Crippen LogP contribution in [0, 0.1) is 5.92 Å². The summed E-state index contributed by atoms with van der Waals surface area (Å²) in [7, 11) is 0. The molecule has 1 saturated heterocycles. The maximum Gasteiger partial charge on any atom is 0.0793 e. The molecule has 0 bridgehead atoms. The molecule has 120 valence electrons. The lowest BCUT2D eigenvalue weighted by atomic mass is 9.91. The highest BCUT2D eigenvalue weighted by Crippen LogP contribution is 2.30. The van der Waals surface area contributed by atoms with Crippen LogP contribution in [0.2, 0.25) is 0 Å². The second kappa shape index (κ2) is 7.94. The number of rotatable bonds is 3. The standard InChI is InChI=1S/C20H29NO/c22-20-18(15-17-9-3-1-4-10-17)11-5-6-12-19(20)16-21-13-7-2-8-14-21/h1,3-4,9-10,15,19-20,22H,2,5-8,11-14,16H2/b18-15+/t19-,20-/m0/s1. The number of benzene rings is 1. The van der Waals surface area contributed by atoms with E-state index in [-0.39, 0.29) is 6.10 Å². The zero-order chi connectivity index (χ0) is 15.2. The molecule has 3 rings (SSSR count). The zero-order valence-electron chi connectivity index (χ0n) is 13.6. The van der Waals surface area contributed by atoms with Gasteiger partial charge in [0, 0.05) is 12.5 Å². The number of hydrogen-bond acceptors (Lipinski definition) is 2. The molecule has 0 unspecified atom stereocenters. The molecule has 0 radical (unpaired) electrons. The van der Waals surface area contributed by atoms with Crippen molar-refractivity contribution in [3.63, 3.8) is 0 Å². The van der Waals surface area contributed by atoms with Crippen molar-refractivity contribution in [2.24, 2.45) is 5.92 Å². The highest BCUT2D eigenvalue weighted by Gasteiger charge is 2.27. The second-order valence-corrected chi connectivity index (χ2v) is 6.94. The van der Waals surface area contributed by atoms with Gasteiger partial charge in [-0.05, 0) is 56.3 Å². The van der Waals surface area contributed by atoms with Crippen molar-refractivity contribution in [3.8, 4) is 0 Å². The fraction of sp³-hybridized carbons (Fsp3) is 0.600. The smallest absolute Gasteiger partial charge is 0.0793 e. The first-order valence-electron chi connectivity index (χ1n) is 8.99. The average Bonchev–Trinajstić information content (AvgIpc) is 2.73. The summed E-state index contributed by atoms with van der Waals surface area (Å²) in [6.07, 6.45) is 10.7. The van der Waals surface area contributed by atoms with Gasteiger partial charge < -0.3 is 10.0 Å². The summed E-state index contributed by atoms with van der Waals surface area (Å²) in [6, 6.07) is 10.4. The average molecular weight is 299 g/mol. The molecule has 2 heteroatoms. The molecule has 1 aromatic carbocycles. The summed E-state index contributed by atoms with van der Waals surface area (Å²) in [4.78, 5) is 2.57. The van der Waals surface area contributed by atoms with E-state index in [1.807, 2.05) is 6.07 Å². The van der Waals surface area contributed by atoms with Crippen LogP contribution in [0.1, 0.15) is 50.5 Å². The molecule has 0 spiro atoms. The summed E-state index contributed by atoms with van der Waals surface area (Å²) in [5.74, 6) is 0.413. The molecular weight excluding hydrogens is 270 g/mol. The molecular formula is C20H29NO. The van der Waals surface area contributed by atoms with Crippen molar-refractivity contribution in [1.82, 2.24) is 4.90 Å². The Bertz CT molecular complexity index is 476. The zero-order valence-corrected chi connectivity index (χ0v) is 13.6. The molecule has 1 saturated carbocycles. The predicted molar refractivity (Wildman–Crippen MR) is 92.7 cm³/mol. The number of aliphatic hydroxyl groups excluding tert-OH is 1. The first-order chi connectivity index (χ1) is 10.8. The topological polar surface area (TPSA) is 23.5 Å². The van der Waals surface area contributed by atoms with E-state index in [9.17, 15) is 5.11 Å². The Hall–Kier alpha value is -1.12. The third-order valence-electron chi connectivity index (χ3n) is 5.21. The van der Waals surface area contributed by atoms with E-state index >= 15 is 0 Å². The van der Waals surface area contributed by atoms with Crippen LogP contribution < -0.4 is 0 Å². The van der Waals surface area contributed by atoms with E-state index in [0.717, 1.165) is 13.0 Å². The van der Waals surface area contributed by atoms with E-state index < -0.39 is 0 Å². The van der Waals surface area contributed by atoms with E-state index in [0.29, 0.717) is 5.92 Å². The Kier molecular flexibility index (Phi) is 5.69. The molecule has 2 aliphatic rings. The first kappa shape index (κ1) is 15.8. The van der Waals surface area contributed by atoms with Gasteiger partial charge in [0.05, 0.1) is 6.10 Å². The van der Waals surface area contributed by atoms with Gasteiger partial charge in [-0.25, -0.2) is 0 Å². The van der Waals surface area contributed by atoms with Gasteiger partial charge in [0.15, 0.2) is 0 Å². The van der Waals surface area contributed by atoms with Crippen molar-refractivity contribution in [2.45, 2.75) is 51.0 Å². The van der Waals surface area contributed by atoms with Crippen molar-refractivity contribution in [3.05, 3.63) is 41.5 Å². The Morgan fingerprint density at radius 3 is 2.55 bits per heavy atom. The molecule has 0 amide bonds. The molecule has 1 aliphatic carbocycles. The van der Waals surface area contributed by atoms with Gasteiger partial charge in [-0.2, -0.15) is 0 Å². The summed E-state index contributed by atoms with van der Waals surface area (Å²) in [5, 5.41) is 10.9. The Balaban J connectivity index is 1.70. The van der Waals surface area contributed by atoms with Crippen molar-refractivity contribution < 1.29 is 5.11 Å². The number of nitrogens with zero attached hydrogens (tertiary/aromatic N) is 1. The largest absolute Gasteiger partial charge is 0.388 e. The van der Waals surface area contributed by atoms with Crippen LogP contribution in [-0.4, -0.2) is 35.7 Å². The normalized spacial score (nSPS) is 29.4. The van der Waals surface area contributed by atoms with Crippen molar-refractivity contribution in [2.75, 3.05) is 19.6 Å². The Morgan fingerprint density at radius 1 is 1.00 bits per heavy atom. The van der Waals surface area contributed by atoms with Crippen molar-refractivity contribution >= 4 is 6.08 Å². The maximum absolute atomic E-state index is 10.9. The third-order valence-corrected chi connectivity index (χ3v) is 5.21. The van der Waals surface area contributed by atoms with Crippen LogP contribution in [-0.2, 0) is 0 Å². The molecule has 22 heavy (non-hydrogen) atoms. The minimum absolute atomic E-state index is 0.260. The summed E-state index contributed by atoms with van der Waals surface area (Å²) < 4.78 is 0. The lowest BCUT2D eigenvalue weighted by molar-refractivity contribution is 0.0951. The van der Waals surface area contributed by atoms with E-state index in [1.54, 1.807) is 0 Å². The minimum atomic E-state index is -0.260. The van der Waals surface area contributed by atoms with Crippen LogP contribution in [0.25, 0.3) is 6.08 Å². The molecule has 1 aromatic rings. The quantitative estimate of drug-likeness (QED) is 0.849. The van der Waals surface area contributed by atoms with Crippen LogP contribution in [0.4, 0.5) is 0 Å². The van der Waals surface area contributed by atoms with Gasteiger partial charge in [-0.15, -0.1) is 0 Å². The lowest BCUT2D eigenvalue weighted by Gasteiger charge is -2.32. The molecule has 2 atom stereocenters. The van der Waals surface area contributed by atoms with Crippen LogP contribution >= 0.6 is 0 Å². The fourth-order valence-corrected chi connectivity index (χ4v) is 3.93. The van der Waals surface area contributed by atoms with Crippen molar-refractivity contribution in [1.29, 1.82) is 0 Å². The highest BCUT2D eigenvalue weighted by atomic mass is 16.3. The molecule has 0 aromatic heterocycles. The third kappa shape index (κ3) is 4.21. The summed E-state index contributed by atoms with van der Waals surface area (Å²) >= 11 is 0. The second-order valence-electron chi connectivity index (χ2n) is 6.94. The molecule has 2 nitrogen and oxygen atoms in total. The van der Waals surface area contributed by atoms with Gasteiger partial charge in [0.2, 0.25) is 0 Å². The van der Waals surface area contributed by atoms with Gasteiger partial charge >= 0.3 is 0 Å². The van der Waals surface area contributed by atoms with Gasteiger partial charge in [-0.1, -0.05) is 49.2 Å². The van der Waals surface area contributed by atoms with Crippen LogP contribution in [0.3, 0.4) is 0 Å². The number of likely N-dealkylation sites (tertiary alicyclic amines) is 1. The Morgan fingerprint density at radius 2 is 1.77 bits per heavy atom. The van der Waals surface area contributed by atoms with Crippen LogP contribution in [0.5, 0.6) is 0 Å². The number of piperidine rings is 1. The molecule has 1 aliphatic heterocycles. The van der Waals surface area contributed by atoms with E-state index in [2.05, 4.69) is 35.2 Å². The number of hydrogen-bond donors (Lipinski definition) is 1. The van der Waals surface area contributed by atoms with Gasteiger partial charge in [0.25, 0.3) is 0 Å². The minimum Gasteiger partial charge on any atom is -0.388 e. The fourth-order valence-electron chi connectivity index (χ4n) is 3.93. The predicted octanol–water partition coefficient (Wildman–Crippen LogP) is 4.11. The lowest BCUT2D eigenvalue weighted by Crippen LogP contribution is -2.38. The molecule has 1 heterocycles. The molecule has 2 fully saturated rings. The SMILES string of the molecule is O[C@H]1/C(=C/c2ccccc2)CCCC[C@H]1CN1CCCCC1. The maximum atomic E-state index is 10.9. The van der Waals surface area contributed by atoms with E-state index in [1.165, 1.54) is 62.8 Å². The summed E-state index contributed by atoms with van der Waals surface area (Å²) in [6.45, 7) is 3.52. The monoisotopic (exact) mass is 299 g/mol. The first-order valence-corrected chi connectivity index (χ1v) is 8.99. The molecule has 1 N–H and O–H groups in total. The van der Waals surface area contributed by atoms with Gasteiger partial charge in [-0.3, -0.25) is 0 Å². The Labute approximate surface area is 134 Å². The highest BCUT2D eigenvalue weighted by molar-refractivity contribution is 5.53. The van der Waals surface area contributed by atoms with Crippen LogP contribution in [0.15, 0.2) is 35.9 Å². The summed E-state index contributed by atoms with van der Waals surface area (Å²) in [5.41, 5.74) is 2.46.